The lowest BCUT2D eigenvalue weighted by molar-refractivity contribution is -0.137. The number of benzene rings is 1. The zero-order chi connectivity index (χ0) is 14.0. The van der Waals surface area contributed by atoms with Crippen molar-refractivity contribution in [3.05, 3.63) is 41.0 Å². The first-order valence-corrected chi connectivity index (χ1v) is 6.01. The topological polar surface area (TPSA) is 39.2 Å². The maximum Gasteiger partial charge on any atom is 0.416 e. The Labute approximate surface area is 110 Å². The molecule has 0 fully saturated rings. The van der Waals surface area contributed by atoms with Gasteiger partial charge in [0.05, 0.1) is 23.1 Å². The summed E-state index contributed by atoms with van der Waals surface area (Å²) in [6.45, 7) is 0. The number of esters is 1. The maximum atomic E-state index is 12.4. The van der Waals surface area contributed by atoms with Gasteiger partial charge in [-0.1, -0.05) is 12.1 Å². The standard InChI is InChI=1S/C12H8F3NO2S/c1-18-11(17)9-10(19-6-16-9)7-2-4-8(5-3-7)12(13,14)15/h2-6H,1H3. The van der Waals surface area contributed by atoms with Crippen molar-refractivity contribution in [1.82, 2.24) is 4.98 Å². The van der Waals surface area contributed by atoms with Crippen LogP contribution in [0.4, 0.5) is 13.2 Å². The van der Waals surface area contributed by atoms with Gasteiger partial charge >= 0.3 is 12.1 Å². The van der Waals surface area contributed by atoms with E-state index in [0.29, 0.717) is 10.4 Å². The molecule has 0 N–H and O–H groups in total. The number of alkyl halides is 3. The summed E-state index contributed by atoms with van der Waals surface area (Å²) in [5.41, 5.74) is 1.31. The van der Waals surface area contributed by atoms with Crippen LogP contribution in [0.5, 0.6) is 0 Å². The van der Waals surface area contributed by atoms with E-state index in [1.807, 2.05) is 0 Å². The molecule has 2 aromatic rings. The highest BCUT2D eigenvalue weighted by molar-refractivity contribution is 7.13. The molecule has 0 atom stereocenters. The summed E-state index contributed by atoms with van der Waals surface area (Å²) >= 11 is 1.17. The minimum atomic E-state index is -4.38. The molecular formula is C12H8F3NO2S. The monoisotopic (exact) mass is 287 g/mol. The van der Waals surface area contributed by atoms with Gasteiger partial charge in [-0.05, 0) is 17.7 Å². The van der Waals surface area contributed by atoms with E-state index in [1.165, 1.54) is 36.1 Å². The Morgan fingerprint density at radius 1 is 1.26 bits per heavy atom. The molecule has 1 aromatic carbocycles. The lowest BCUT2D eigenvalue weighted by atomic mass is 10.1. The maximum absolute atomic E-state index is 12.4. The number of nitrogens with zero attached hydrogens (tertiary/aromatic N) is 1. The van der Waals surface area contributed by atoms with Crippen LogP contribution in [0.15, 0.2) is 29.8 Å². The second kappa shape index (κ2) is 5.00. The number of rotatable bonds is 2. The van der Waals surface area contributed by atoms with Crippen LogP contribution in [0.1, 0.15) is 16.1 Å². The smallest absolute Gasteiger partial charge is 0.416 e. The fourth-order valence-corrected chi connectivity index (χ4v) is 2.29. The molecule has 2 rings (SSSR count). The number of ether oxygens (including phenoxy) is 1. The molecule has 0 spiro atoms. The van der Waals surface area contributed by atoms with E-state index in [0.717, 1.165) is 12.1 Å². The highest BCUT2D eigenvalue weighted by atomic mass is 32.1. The molecule has 0 saturated carbocycles. The van der Waals surface area contributed by atoms with Crippen LogP contribution in [-0.4, -0.2) is 18.1 Å². The predicted octanol–water partition coefficient (Wildman–Crippen LogP) is 3.62. The molecule has 1 heterocycles. The van der Waals surface area contributed by atoms with E-state index in [2.05, 4.69) is 9.72 Å². The number of carbonyl (C=O) groups excluding carboxylic acids is 1. The molecule has 100 valence electrons. The Bertz CT molecular complexity index is 590. The summed E-state index contributed by atoms with van der Waals surface area (Å²) in [7, 11) is 1.22. The van der Waals surface area contributed by atoms with E-state index < -0.39 is 17.7 Å². The fraction of sp³-hybridized carbons (Fsp3) is 0.167. The van der Waals surface area contributed by atoms with Gasteiger partial charge in [-0.15, -0.1) is 11.3 Å². The Kier molecular flexibility index (Phi) is 3.57. The number of halogens is 3. The minimum Gasteiger partial charge on any atom is -0.464 e. The zero-order valence-electron chi connectivity index (χ0n) is 9.69. The van der Waals surface area contributed by atoms with Crippen LogP contribution in [0.25, 0.3) is 10.4 Å². The molecule has 0 saturated heterocycles. The Morgan fingerprint density at radius 3 is 2.42 bits per heavy atom. The number of carbonyl (C=O) groups is 1. The first-order valence-electron chi connectivity index (χ1n) is 5.13. The second-order valence-corrected chi connectivity index (χ2v) is 4.45. The molecule has 3 nitrogen and oxygen atoms in total. The van der Waals surface area contributed by atoms with Gasteiger partial charge in [-0.25, -0.2) is 9.78 Å². The predicted molar refractivity (Wildman–Crippen MR) is 63.9 cm³/mol. The van der Waals surface area contributed by atoms with Gasteiger partial charge in [0.25, 0.3) is 0 Å². The molecule has 19 heavy (non-hydrogen) atoms. The van der Waals surface area contributed by atoms with Crippen molar-refractivity contribution < 1.29 is 22.7 Å². The summed E-state index contributed by atoms with van der Waals surface area (Å²) in [4.78, 5) is 15.8. The first-order chi connectivity index (χ1) is 8.93. The SMILES string of the molecule is COC(=O)c1ncsc1-c1ccc(C(F)(F)F)cc1. The van der Waals surface area contributed by atoms with Gasteiger partial charge in [-0.3, -0.25) is 0 Å². The van der Waals surface area contributed by atoms with E-state index in [9.17, 15) is 18.0 Å². The summed E-state index contributed by atoms with van der Waals surface area (Å²) in [5.74, 6) is -0.615. The molecule has 0 amide bonds. The number of aromatic nitrogens is 1. The lowest BCUT2D eigenvalue weighted by Gasteiger charge is -2.07. The average Bonchev–Trinajstić information content (AvgIpc) is 2.86. The van der Waals surface area contributed by atoms with Crippen LogP contribution in [0.3, 0.4) is 0 Å². The third-order valence-corrected chi connectivity index (χ3v) is 3.30. The highest BCUT2D eigenvalue weighted by Gasteiger charge is 2.30. The summed E-state index contributed by atoms with van der Waals surface area (Å²) in [6, 6.07) is 4.55. The summed E-state index contributed by atoms with van der Waals surface area (Å²) < 4.78 is 41.9. The van der Waals surface area contributed by atoms with E-state index in [1.54, 1.807) is 0 Å². The van der Waals surface area contributed by atoms with Gasteiger partial charge in [0, 0.05) is 0 Å². The van der Waals surface area contributed by atoms with Gasteiger partial charge < -0.3 is 4.74 Å². The van der Waals surface area contributed by atoms with Crippen molar-refractivity contribution in [2.45, 2.75) is 6.18 Å². The van der Waals surface area contributed by atoms with Crippen LogP contribution < -0.4 is 0 Å². The Hall–Kier alpha value is -1.89. The summed E-state index contributed by atoms with van der Waals surface area (Å²) in [6.07, 6.45) is -4.38. The molecule has 0 aliphatic heterocycles. The number of hydrogen-bond acceptors (Lipinski definition) is 4. The van der Waals surface area contributed by atoms with Gasteiger partial charge in [0.1, 0.15) is 0 Å². The fourth-order valence-electron chi connectivity index (χ4n) is 1.50. The highest BCUT2D eigenvalue weighted by Crippen LogP contribution is 2.33. The molecule has 7 heteroatoms. The van der Waals surface area contributed by atoms with Crippen LogP contribution in [-0.2, 0) is 10.9 Å². The number of methoxy groups -OCH3 is 1. The van der Waals surface area contributed by atoms with Gasteiger partial charge in [-0.2, -0.15) is 13.2 Å². The van der Waals surface area contributed by atoms with Crippen LogP contribution in [0.2, 0.25) is 0 Å². The minimum absolute atomic E-state index is 0.104. The normalized spacial score (nSPS) is 11.4. The van der Waals surface area contributed by atoms with Crippen LogP contribution in [0, 0.1) is 0 Å². The lowest BCUT2D eigenvalue weighted by Crippen LogP contribution is -2.05. The van der Waals surface area contributed by atoms with E-state index >= 15 is 0 Å². The van der Waals surface area contributed by atoms with Crippen molar-refractivity contribution in [2.24, 2.45) is 0 Å². The van der Waals surface area contributed by atoms with Crippen molar-refractivity contribution in [1.29, 1.82) is 0 Å². The van der Waals surface area contributed by atoms with Crippen molar-refractivity contribution in [2.75, 3.05) is 7.11 Å². The van der Waals surface area contributed by atoms with E-state index in [4.69, 9.17) is 0 Å². The molecule has 0 radical (unpaired) electrons. The quantitative estimate of drug-likeness (QED) is 0.792. The third-order valence-electron chi connectivity index (χ3n) is 2.42. The van der Waals surface area contributed by atoms with Gasteiger partial charge in [0.2, 0.25) is 0 Å². The number of hydrogen-bond donors (Lipinski definition) is 0. The van der Waals surface area contributed by atoms with Gasteiger partial charge in [0.15, 0.2) is 5.69 Å². The largest absolute Gasteiger partial charge is 0.464 e. The first kappa shape index (κ1) is 13.5. The molecular weight excluding hydrogens is 279 g/mol. The Balaban J connectivity index is 2.38. The molecule has 0 aliphatic carbocycles. The molecule has 0 bridgehead atoms. The van der Waals surface area contributed by atoms with Crippen LogP contribution >= 0.6 is 11.3 Å². The van der Waals surface area contributed by atoms with Crippen molar-refractivity contribution in [3.63, 3.8) is 0 Å². The van der Waals surface area contributed by atoms with Crippen molar-refractivity contribution in [3.8, 4) is 10.4 Å². The molecule has 0 unspecified atom stereocenters. The average molecular weight is 287 g/mol. The number of thiazole rings is 1. The molecule has 0 aliphatic rings. The second-order valence-electron chi connectivity index (χ2n) is 3.60. The summed E-state index contributed by atoms with van der Waals surface area (Å²) in [5, 5.41) is 0. The zero-order valence-corrected chi connectivity index (χ0v) is 10.5. The van der Waals surface area contributed by atoms with Crippen molar-refractivity contribution >= 4 is 17.3 Å². The van der Waals surface area contributed by atoms with E-state index in [-0.39, 0.29) is 5.69 Å². The molecule has 1 aromatic heterocycles. The Morgan fingerprint density at radius 2 is 1.89 bits per heavy atom. The third kappa shape index (κ3) is 2.76.